The molecule has 1 aromatic heterocycles. The van der Waals surface area contributed by atoms with Gasteiger partial charge in [0, 0.05) is 28.9 Å². The molecule has 2 heterocycles. The average Bonchev–Trinajstić information content (AvgIpc) is 2.87. The van der Waals surface area contributed by atoms with Crippen LogP contribution in [-0.2, 0) is 15.4 Å². The van der Waals surface area contributed by atoms with Gasteiger partial charge in [-0.1, -0.05) is 38.1 Å². The molecule has 1 aliphatic rings. The fourth-order valence-electron chi connectivity index (χ4n) is 3.54. The molecule has 3 aromatic rings. The number of rotatable bonds is 2. The fraction of sp³-hybridized carbons (Fsp3) is 0.211. The molecule has 5 nitrogen and oxygen atoms in total. The molecule has 0 aliphatic carbocycles. The molecule has 0 atom stereocenters. The van der Waals surface area contributed by atoms with Gasteiger partial charge in [0.15, 0.2) is 0 Å². The lowest BCUT2D eigenvalue weighted by molar-refractivity contribution is 0.555. The first-order chi connectivity index (χ1) is 11.8. The van der Waals surface area contributed by atoms with E-state index in [1.165, 1.54) is 10.5 Å². The number of sulfonamides is 1. The second kappa shape index (κ2) is 5.20. The van der Waals surface area contributed by atoms with Gasteiger partial charge in [-0.3, -0.25) is 9.10 Å². The second-order valence-electron chi connectivity index (χ2n) is 6.94. The zero-order chi connectivity index (χ0) is 17.8. The van der Waals surface area contributed by atoms with E-state index in [0.29, 0.717) is 23.0 Å². The number of nitrogens with zero attached hydrogens (tertiary/aromatic N) is 1. The van der Waals surface area contributed by atoms with E-state index < -0.39 is 10.0 Å². The molecular formula is C19H18N2O3S. The van der Waals surface area contributed by atoms with Crippen molar-refractivity contribution in [3.63, 3.8) is 0 Å². The number of aromatic nitrogens is 1. The number of pyridine rings is 1. The zero-order valence-electron chi connectivity index (χ0n) is 14.0. The van der Waals surface area contributed by atoms with Gasteiger partial charge in [-0.15, -0.1) is 0 Å². The number of fused-ring (bicyclic) bond motifs is 2. The van der Waals surface area contributed by atoms with Crippen molar-refractivity contribution in [3.8, 4) is 0 Å². The highest BCUT2D eigenvalue weighted by molar-refractivity contribution is 7.93. The average molecular weight is 354 g/mol. The van der Waals surface area contributed by atoms with Crippen LogP contribution < -0.4 is 9.86 Å². The minimum absolute atomic E-state index is 0.156. The van der Waals surface area contributed by atoms with Crippen LogP contribution in [0.4, 0.5) is 5.69 Å². The molecule has 2 aromatic carbocycles. The van der Waals surface area contributed by atoms with Gasteiger partial charge in [-0.25, -0.2) is 8.42 Å². The van der Waals surface area contributed by atoms with Crippen LogP contribution in [-0.4, -0.2) is 19.9 Å². The summed E-state index contributed by atoms with van der Waals surface area (Å²) >= 11 is 0. The van der Waals surface area contributed by atoms with Crippen molar-refractivity contribution < 1.29 is 8.42 Å². The minimum atomic E-state index is -3.79. The molecular weight excluding hydrogens is 336 g/mol. The van der Waals surface area contributed by atoms with Gasteiger partial charge < -0.3 is 4.98 Å². The standard InChI is InChI=1S/C19H18N2O3S/c1-19(2)12-21(16-8-4-3-7-15(16)19)25(23,24)17-9-5-6-14-13(17)10-11-20-18(14)22/h3-11H,12H2,1-2H3,(H,20,22). The van der Waals surface area contributed by atoms with Gasteiger partial charge in [0.05, 0.1) is 10.6 Å². The molecule has 25 heavy (non-hydrogen) atoms. The summed E-state index contributed by atoms with van der Waals surface area (Å²) in [5.41, 5.74) is 1.15. The molecule has 1 aliphatic heterocycles. The number of hydrogen-bond acceptors (Lipinski definition) is 3. The third-order valence-electron chi connectivity index (χ3n) is 4.78. The topological polar surface area (TPSA) is 70.2 Å². The van der Waals surface area contributed by atoms with Crippen molar-refractivity contribution in [1.29, 1.82) is 0 Å². The van der Waals surface area contributed by atoms with Crippen LogP contribution >= 0.6 is 0 Å². The maximum absolute atomic E-state index is 13.4. The fourth-order valence-corrected chi connectivity index (χ4v) is 5.40. The Morgan fingerprint density at radius 1 is 1.00 bits per heavy atom. The highest BCUT2D eigenvalue weighted by atomic mass is 32.2. The molecule has 6 heteroatoms. The summed E-state index contributed by atoms with van der Waals surface area (Å²) in [6, 6.07) is 14.0. The predicted molar refractivity (Wildman–Crippen MR) is 98.6 cm³/mol. The lowest BCUT2D eigenvalue weighted by atomic mass is 9.87. The monoisotopic (exact) mass is 354 g/mol. The number of hydrogen-bond donors (Lipinski definition) is 1. The Morgan fingerprint density at radius 2 is 1.76 bits per heavy atom. The second-order valence-corrected chi connectivity index (χ2v) is 8.77. The van der Waals surface area contributed by atoms with E-state index >= 15 is 0 Å². The van der Waals surface area contributed by atoms with Crippen LogP contribution in [0.15, 0.2) is 64.4 Å². The Balaban J connectivity index is 1.96. The summed E-state index contributed by atoms with van der Waals surface area (Å²) in [6.07, 6.45) is 1.48. The molecule has 0 unspecified atom stereocenters. The normalized spacial score (nSPS) is 16.2. The summed E-state index contributed by atoms with van der Waals surface area (Å²) in [5, 5.41) is 0.809. The Bertz CT molecular complexity index is 1150. The number of H-pyrrole nitrogens is 1. The SMILES string of the molecule is CC1(C)CN(S(=O)(=O)c2cccc3c(=O)[nH]ccc23)c2ccccc21. The van der Waals surface area contributed by atoms with Gasteiger partial charge in [0.1, 0.15) is 0 Å². The summed E-state index contributed by atoms with van der Waals surface area (Å²) in [7, 11) is -3.79. The Labute approximate surface area is 146 Å². The molecule has 0 radical (unpaired) electrons. The molecule has 1 N–H and O–H groups in total. The molecule has 0 saturated heterocycles. The maximum atomic E-state index is 13.4. The quantitative estimate of drug-likeness (QED) is 0.769. The van der Waals surface area contributed by atoms with Crippen molar-refractivity contribution in [2.24, 2.45) is 0 Å². The van der Waals surface area contributed by atoms with Crippen molar-refractivity contribution in [2.75, 3.05) is 10.8 Å². The third kappa shape index (κ3) is 2.28. The lowest BCUT2D eigenvalue weighted by Crippen LogP contribution is -2.34. The van der Waals surface area contributed by atoms with Crippen LogP contribution in [0.5, 0.6) is 0 Å². The van der Waals surface area contributed by atoms with Crippen LogP contribution in [0.1, 0.15) is 19.4 Å². The summed E-state index contributed by atoms with van der Waals surface area (Å²) in [6.45, 7) is 4.44. The number of nitrogens with one attached hydrogen (secondary N) is 1. The first-order valence-electron chi connectivity index (χ1n) is 8.05. The highest BCUT2D eigenvalue weighted by Crippen LogP contribution is 2.43. The first kappa shape index (κ1) is 15.9. The van der Waals surface area contributed by atoms with Crippen molar-refractivity contribution in [1.82, 2.24) is 4.98 Å². The van der Waals surface area contributed by atoms with Crippen LogP contribution in [0.3, 0.4) is 0 Å². The summed E-state index contributed by atoms with van der Waals surface area (Å²) in [4.78, 5) is 14.8. The Kier molecular flexibility index (Phi) is 3.30. The molecule has 128 valence electrons. The number of anilines is 1. The molecule has 4 rings (SSSR count). The number of aromatic amines is 1. The van der Waals surface area contributed by atoms with E-state index in [-0.39, 0.29) is 15.9 Å². The van der Waals surface area contributed by atoms with Gasteiger partial charge in [-0.05, 0) is 29.8 Å². The van der Waals surface area contributed by atoms with E-state index in [0.717, 1.165) is 5.56 Å². The molecule has 0 fully saturated rings. The van der Waals surface area contributed by atoms with Crippen LogP contribution in [0.25, 0.3) is 10.8 Å². The van der Waals surface area contributed by atoms with Crippen molar-refractivity contribution in [2.45, 2.75) is 24.2 Å². The molecule has 0 spiro atoms. The van der Waals surface area contributed by atoms with E-state index in [1.807, 2.05) is 38.1 Å². The van der Waals surface area contributed by atoms with E-state index in [4.69, 9.17) is 0 Å². The van der Waals surface area contributed by atoms with Crippen molar-refractivity contribution in [3.05, 3.63) is 70.6 Å². The maximum Gasteiger partial charge on any atom is 0.264 e. The molecule has 0 saturated carbocycles. The Morgan fingerprint density at radius 3 is 2.56 bits per heavy atom. The van der Waals surface area contributed by atoms with Gasteiger partial charge in [-0.2, -0.15) is 0 Å². The number of para-hydroxylation sites is 1. The zero-order valence-corrected chi connectivity index (χ0v) is 14.8. The largest absolute Gasteiger partial charge is 0.329 e. The minimum Gasteiger partial charge on any atom is -0.329 e. The summed E-state index contributed by atoms with van der Waals surface area (Å²) < 4.78 is 28.3. The molecule has 0 amide bonds. The highest BCUT2D eigenvalue weighted by Gasteiger charge is 2.41. The third-order valence-corrected chi connectivity index (χ3v) is 6.60. The molecule has 0 bridgehead atoms. The van der Waals surface area contributed by atoms with Crippen LogP contribution in [0.2, 0.25) is 0 Å². The van der Waals surface area contributed by atoms with Gasteiger partial charge >= 0.3 is 0 Å². The van der Waals surface area contributed by atoms with Crippen LogP contribution in [0, 0.1) is 0 Å². The number of benzene rings is 2. The first-order valence-corrected chi connectivity index (χ1v) is 9.49. The van der Waals surface area contributed by atoms with Gasteiger partial charge in [0.2, 0.25) is 0 Å². The smallest absolute Gasteiger partial charge is 0.264 e. The van der Waals surface area contributed by atoms with Gasteiger partial charge in [0.25, 0.3) is 15.6 Å². The van der Waals surface area contributed by atoms with E-state index in [2.05, 4.69) is 4.98 Å². The predicted octanol–water partition coefficient (Wildman–Crippen LogP) is 3.01. The van der Waals surface area contributed by atoms with Crippen molar-refractivity contribution >= 4 is 26.5 Å². The summed E-state index contributed by atoms with van der Waals surface area (Å²) in [5.74, 6) is 0. The van der Waals surface area contributed by atoms with E-state index in [1.54, 1.807) is 24.3 Å². The lowest BCUT2D eigenvalue weighted by Gasteiger charge is -2.23. The Hall–Kier alpha value is -2.60. The van der Waals surface area contributed by atoms with E-state index in [9.17, 15) is 13.2 Å².